The Bertz CT molecular complexity index is 429. The molecule has 0 bridgehead atoms. The van der Waals surface area contributed by atoms with Crippen LogP contribution < -0.4 is 10.6 Å². The molecule has 0 aliphatic heterocycles. The molecule has 0 unspecified atom stereocenters. The number of thiocarbonyl (C=S) groups is 1. The Morgan fingerprint density at radius 1 is 1.40 bits per heavy atom. The largest absolute Gasteiger partial charge is 0.362 e. The van der Waals surface area contributed by atoms with Gasteiger partial charge in [-0.3, -0.25) is 0 Å². The summed E-state index contributed by atoms with van der Waals surface area (Å²) in [5, 5.41) is 7.08. The number of nitrogens with one attached hydrogen (secondary N) is 2. The van der Waals surface area contributed by atoms with E-state index in [1.807, 2.05) is 12.1 Å². The number of rotatable bonds is 4. The van der Waals surface area contributed by atoms with Gasteiger partial charge in [0.25, 0.3) is 0 Å². The highest BCUT2D eigenvalue weighted by Gasteiger charge is 2.19. The van der Waals surface area contributed by atoms with Crippen molar-refractivity contribution in [2.75, 3.05) is 11.9 Å². The zero-order chi connectivity index (χ0) is 14.4. The van der Waals surface area contributed by atoms with E-state index in [9.17, 15) is 0 Å². The zero-order valence-corrected chi connectivity index (χ0v) is 14.3. The quantitative estimate of drug-likeness (QED) is 0.787. The maximum atomic E-state index is 5.31. The third kappa shape index (κ3) is 5.02. The van der Waals surface area contributed by atoms with Crippen molar-refractivity contribution in [1.82, 2.24) is 10.3 Å². The van der Waals surface area contributed by atoms with E-state index in [4.69, 9.17) is 12.2 Å². The van der Waals surface area contributed by atoms with E-state index < -0.39 is 0 Å². The van der Waals surface area contributed by atoms with Crippen molar-refractivity contribution < 1.29 is 0 Å². The van der Waals surface area contributed by atoms with Gasteiger partial charge < -0.3 is 10.6 Å². The van der Waals surface area contributed by atoms with Crippen LogP contribution in [-0.2, 0) is 0 Å². The van der Waals surface area contributed by atoms with Crippen molar-refractivity contribution in [3.8, 4) is 0 Å². The van der Waals surface area contributed by atoms with E-state index in [1.54, 1.807) is 6.20 Å². The molecule has 0 aromatic carbocycles. The fourth-order valence-electron chi connectivity index (χ4n) is 2.73. The molecule has 1 atom stereocenters. The second-order valence-electron chi connectivity index (χ2n) is 5.57. The van der Waals surface area contributed by atoms with Gasteiger partial charge in [0, 0.05) is 17.2 Å². The van der Waals surface area contributed by atoms with Crippen molar-refractivity contribution in [3.63, 3.8) is 0 Å². The van der Waals surface area contributed by atoms with Gasteiger partial charge in [-0.05, 0) is 52.1 Å². The number of nitrogens with zero attached hydrogens (tertiary/aromatic N) is 1. The van der Waals surface area contributed by atoms with Crippen LogP contribution in [0.25, 0.3) is 0 Å². The molecule has 1 aliphatic rings. The van der Waals surface area contributed by atoms with Gasteiger partial charge >= 0.3 is 0 Å². The number of pyridine rings is 1. The summed E-state index contributed by atoms with van der Waals surface area (Å²) >= 11 is 8.68. The monoisotopic (exact) mass is 355 g/mol. The summed E-state index contributed by atoms with van der Waals surface area (Å²) in [6.45, 7) is 3.26. The molecule has 1 fully saturated rings. The van der Waals surface area contributed by atoms with Crippen LogP contribution in [0.3, 0.4) is 0 Å². The van der Waals surface area contributed by atoms with Crippen LogP contribution in [0.1, 0.15) is 39.0 Å². The Morgan fingerprint density at radius 2 is 2.15 bits per heavy atom. The van der Waals surface area contributed by atoms with Crippen molar-refractivity contribution >= 4 is 39.1 Å². The average Bonchev–Trinajstić information content (AvgIpc) is 2.48. The molecule has 1 aromatic heterocycles. The number of hydrogen-bond acceptors (Lipinski definition) is 2. The van der Waals surface area contributed by atoms with E-state index in [0.29, 0.717) is 11.0 Å². The molecule has 1 aliphatic carbocycles. The normalized spacial score (nSPS) is 17.5. The maximum absolute atomic E-state index is 5.31. The third-order valence-electron chi connectivity index (χ3n) is 4.01. The summed E-state index contributed by atoms with van der Waals surface area (Å²) in [6.07, 6.45) is 8.69. The molecule has 110 valence electrons. The fraction of sp³-hybridized carbons (Fsp3) is 0.600. The molecule has 1 aromatic rings. The number of anilines is 1. The van der Waals surface area contributed by atoms with Crippen LogP contribution in [0.15, 0.2) is 22.8 Å². The van der Waals surface area contributed by atoms with Crippen molar-refractivity contribution in [2.45, 2.75) is 39.0 Å². The standard InChI is InChI=1S/C15H22BrN3S/c1-11(12-5-3-2-4-6-12)9-18-15(20)19-14-8-7-13(16)10-17-14/h7-8,10-12H,2-6,9H2,1H3,(H2,17,18,19,20)/t11-/m1/s1. The average molecular weight is 356 g/mol. The van der Waals surface area contributed by atoms with Crippen molar-refractivity contribution in [3.05, 3.63) is 22.8 Å². The molecule has 1 heterocycles. The van der Waals surface area contributed by atoms with Crippen LogP contribution in [-0.4, -0.2) is 16.6 Å². The van der Waals surface area contributed by atoms with Gasteiger partial charge in [-0.2, -0.15) is 0 Å². The number of hydrogen-bond donors (Lipinski definition) is 2. The van der Waals surface area contributed by atoms with Crippen molar-refractivity contribution in [1.29, 1.82) is 0 Å². The first-order valence-corrected chi connectivity index (χ1v) is 8.51. The Balaban J connectivity index is 1.72. The number of aromatic nitrogens is 1. The van der Waals surface area contributed by atoms with Gasteiger partial charge in [0.05, 0.1) is 0 Å². The Morgan fingerprint density at radius 3 is 2.80 bits per heavy atom. The van der Waals surface area contributed by atoms with E-state index in [2.05, 4.69) is 38.5 Å². The Kier molecular flexibility index (Phi) is 6.23. The third-order valence-corrected chi connectivity index (χ3v) is 4.72. The SMILES string of the molecule is C[C@H](CNC(=S)Nc1ccc(Br)cn1)C1CCCCC1. The smallest absolute Gasteiger partial charge is 0.171 e. The minimum atomic E-state index is 0.655. The van der Waals surface area contributed by atoms with Gasteiger partial charge in [-0.15, -0.1) is 0 Å². The molecule has 5 heteroatoms. The van der Waals surface area contributed by atoms with Gasteiger partial charge in [-0.25, -0.2) is 4.98 Å². The van der Waals surface area contributed by atoms with Gasteiger partial charge in [0.2, 0.25) is 0 Å². The lowest BCUT2D eigenvalue weighted by molar-refractivity contribution is 0.264. The highest BCUT2D eigenvalue weighted by Crippen LogP contribution is 2.29. The molecule has 0 spiro atoms. The lowest BCUT2D eigenvalue weighted by atomic mass is 9.81. The predicted octanol–water partition coefficient (Wildman–Crippen LogP) is 4.35. The topological polar surface area (TPSA) is 37.0 Å². The molecule has 2 rings (SSSR count). The second-order valence-corrected chi connectivity index (χ2v) is 6.90. The van der Waals surface area contributed by atoms with Crippen LogP contribution in [0.2, 0.25) is 0 Å². The molecule has 20 heavy (non-hydrogen) atoms. The molecule has 2 N–H and O–H groups in total. The lowest BCUT2D eigenvalue weighted by Gasteiger charge is -2.28. The summed E-state index contributed by atoms with van der Waals surface area (Å²) in [5.74, 6) is 2.30. The first-order chi connectivity index (χ1) is 9.65. The van der Waals surface area contributed by atoms with E-state index in [0.717, 1.165) is 22.8 Å². The van der Waals surface area contributed by atoms with Crippen LogP contribution >= 0.6 is 28.1 Å². The summed E-state index contributed by atoms with van der Waals surface area (Å²) in [6, 6.07) is 3.85. The molecule has 3 nitrogen and oxygen atoms in total. The van der Waals surface area contributed by atoms with Crippen LogP contribution in [0, 0.1) is 11.8 Å². The molecule has 0 radical (unpaired) electrons. The first-order valence-electron chi connectivity index (χ1n) is 7.31. The summed E-state index contributed by atoms with van der Waals surface area (Å²) in [4.78, 5) is 4.25. The van der Waals surface area contributed by atoms with E-state index in [-0.39, 0.29) is 0 Å². The summed E-state index contributed by atoms with van der Waals surface area (Å²) in [7, 11) is 0. The van der Waals surface area contributed by atoms with Gasteiger partial charge in [0.1, 0.15) is 5.82 Å². The Hall–Kier alpha value is -0.680. The van der Waals surface area contributed by atoms with Crippen LogP contribution in [0.4, 0.5) is 5.82 Å². The minimum absolute atomic E-state index is 0.655. The highest BCUT2D eigenvalue weighted by molar-refractivity contribution is 9.10. The maximum Gasteiger partial charge on any atom is 0.171 e. The van der Waals surface area contributed by atoms with Gasteiger partial charge in [-0.1, -0.05) is 39.0 Å². The highest BCUT2D eigenvalue weighted by atomic mass is 79.9. The van der Waals surface area contributed by atoms with E-state index >= 15 is 0 Å². The molecular weight excluding hydrogens is 334 g/mol. The zero-order valence-electron chi connectivity index (χ0n) is 11.9. The first kappa shape index (κ1) is 15.7. The second kappa shape index (κ2) is 7.93. The van der Waals surface area contributed by atoms with Crippen LogP contribution in [0.5, 0.6) is 0 Å². The predicted molar refractivity (Wildman–Crippen MR) is 91.9 cm³/mol. The molecule has 0 saturated heterocycles. The van der Waals surface area contributed by atoms with Gasteiger partial charge in [0.15, 0.2) is 5.11 Å². The number of halogens is 1. The van der Waals surface area contributed by atoms with Crippen molar-refractivity contribution in [2.24, 2.45) is 11.8 Å². The van der Waals surface area contributed by atoms with E-state index in [1.165, 1.54) is 32.1 Å². The summed E-state index contributed by atoms with van der Waals surface area (Å²) < 4.78 is 0.966. The minimum Gasteiger partial charge on any atom is -0.362 e. The summed E-state index contributed by atoms with van der Waals surface area (Å²) in [5.41, 5.74) is 0. The molecule has 0 amide bonds. The Labute approximate surface area is 135 Å². The molecular formula is C15H22BrN3S. The fourth-order valence-corrected chi connectivity index (χ4v) is 3.16. The molecule has 1 saturated carbocycles. The lowest BCUT2D eigenvalue weighted by Crippen LogP contribution is -2.35.